The molecule has 0 aliphatic carbocycles. The van der Waals surface area contributed by atoms with Crippen LogP contribution >= 0.6 is 34.9 Å². The molecule has 1 saturated heterocycles. The van der Waals surface area contributed by atoms with Gasteiger partial charge in [0.25, 0.3) is 11.8 Å². The number of thioether (sulfide) groups is 2. The Morgan fingerprint density at radius 3 is 2.86 bits per heavy atom. The maximum absolute atomic E-state index is 12.9. The highest BCUT2D eigenvalue weighted by Crippen LogP contribution is 2.41. The van der Waals surface area contributed by atoms with Crippen LogP contribution in [0.2, 0.25) is 0 Å². The number of aliphatic carboxylic acids is 1. The highest BCUT2D eigenvalue weighted by Gasteiger charge is 2.54. The van der Waals surface area contributed by atoms with Gasteiger partial charge >= 0.3 is 11.1 Å². The number of hydrogen-bond donors (Lipinski definition) is 5. The zero-order valence-electron chi connectivity index (χ0n) is 18.1. The van der Waals surface area contributed by atoms with E-state index in [0.29, 0.717) is 16.5 Å². The summed E-state index contributed by atoms with van der Waals surface area (Å²) in [6, 6.07) is 0.586. The minimum absolute atomic E-state index is 0.123. The fourth-order valence-corrected chi connectivity index (χ4v) is 6.33. The lowest BCUT2D eigenvalue weighted by atomic mass is 10.0. The fraction of sp³-hybridized carbons (Fsp3) is 0.278. The first-order chi connectivity index (χ1) is 16.7. The van der Waals surface area contributed by atoms with Gasteiger partial charge in [0.2, 0.25) is 5.82 Å². The summed E-state index contributed by atoms with van der Waals surface area (Å²) in [5, 5.41) is 17.7. The van der Waals surface area contributed by atoms with E-state index in [1.165, 1.54) is 57.9 Å². The molecule has 2 aromatic rings. The van der Waals surface area contributed by atoms with Gasteiger partial charge in [-0.1, -0.05) is 5.16 Å². The first-order valence-electron chi connectivity index (χ1n) is 9.80. The molecular weight excluding hydrogens is 518 g/mol. The van der Waals surface area contributed by atoms with Gasteiger partial charge in [-0.2, -0.15) is 0 Å². The molecule has 17 heteroatoms. The Bertz CT molecular complexity index is 1260. The average Bonchev–Trinajstić information content (AvgIpc) is 3.26. The van der Waals surface area contributed by atoms with Crippen LogP contribution in [0, 0.1) is 0 Å². The summed E-state index contributed by atoms with van der Waals surface area (Å²) in [4.78, 5) is 51.9. The number of oxime groups is 1. The summed E-state index contributed by atoms with van der Waals surface area (Å²) in [5.74, 6) is 4.17. The van der Waals surface area contributed by atoms with E-state index >= 15 is 0 Å². The minimum Gasteiger partial charge on any atom is -0.477 e. The Morgan fingerprint density at radius 2 is 2.20 bits per heavy atom. The molecule has 35 heavy (non-hydrogen) atoms. The van der Waals surface area contributed by atoms with Crippen LogP contribution in [0.15, 0.2) is 39.2 Å². The number of carbonyl (C=O) groups excluding carboxylic acids is 2. The quantitative estimate of drug-likeness (QED) is 0.0498. The second kappa shape index (κ2) is 9.96. The van der Waals surface area contributed by atoms with Crippen LogP contribution in [0.5, 0.6) is 0 Å². The monoisotopic (exact) mass is 538 g/mol. The smallest absolute Gasteiger partial charge is 0.384 e. The zero-order valence-corrected chi connectivity index (χ0v) is 20.5. The number of nitrogens with one attached hydrogen (secondary N) is 1. The van der Waals surface area contributed by atoms with Gasteiger partial charge in [-0.25, -0.2) is 9.78 Å². The lowest BCUT2D eigenvalue weighted by Crippen LogP contribution is -2.71. The predicted molar refractivity (Wildman–Crippen MR) is 129 cm³/mol. The number of aromatic nitrogens is 3. The SMILES string of the molecule is CO/N=C(\C(=O)NC1C(=O)N2C(C(=O)O)=C(CSc3nc(N)cc[n+]3N)CS[C@H]12)c1csc(N)n1. The number of nitrogen functional groups attached to an aromatic ring is 3. The Labute approximate surface area is 210 Å². The lowest BCUT2D eigenvalue weighted by Gasteiger charge is -2.49. The number of β-lactam (4-membered cyclic amide) rings is 1. The minimum atomic E-state index is -1.25. The molecule has 14 nitrogen and oxygen atoms in total. The van der Waals surface area contributed by atoms with Crippen molar-refractivity contribution >= 4 is 69.3 Å². The molecule has 0 aromatic carbocycles. The van der Waals surface area contributed by atoms with Crippen molar-refractivity contribution in [1.82, 2.24) is 20.2 Å². The molecule has 2 aliphatic rings. The summed E-state index contributed by atoms with van der Waals surface area (Å²) >= 11 is 3.65. The number of carbonyl (C=O) groups is 3. The number of carboxylic acids is 1. The number of nitrogens with zero attached hydrogens (tertiary/aromatic N) is 5. The molecule has 2 aromatic heterocycles. The molecule has 4 heterocycles. The normalized spacial score (nSPS) is 19.7. The fourth-order valence-electron chi connectivity index (χ4n) is 3.38. The molecule has 0 spiro atoms. The van der Waals surface area contributed by atoms with Crippen LogP contribution in [0.1, 0.15) is 5.69 Å². The van der Waals surface area contributed by atoms with E-state index in [1.807, 2.05) is 0 Å². The second-order valence-electron chi connectivity index (χ2n) is 7.14. The third-order valence-corrected chi connectivity index (χ3v) is 7.99. The number of anilines is 2. The number of nitrogens with two attached hydrogens (primary N) is 3. The van der Waals surface area contributed by atoms with E-state index in [4.69, 9.17) is 22.1 Å². The summed E-state index contributed by atoms with van der Waals surface area (Å²) in [5.41, 5.74) is 11.8. The van der Waals surface area contributed by atoms with E-state index in [1.54, 1.807) is 0 Å². The van der Waals surface area contributed by atoms with Crippen molar-refractivity contribution in [1.29, 1.82) is 0 Å². The zero-order chi connectivity index (χ0) is 25.3. The number of rotatable bonds is 8. The van der Waals surface area contributed by atoms with Crippen molar-refractivity contribution in [2.24, 2.45) is 5.16 Å². The van der Waals surface area contributed by atoms with Crippen molar-refractivity contribution in [2.45, 2.75) is 16.6 Å². The molecule has 2 amide bonds. The highest BCUT2D eigenvalue weighted by molar-refractivity contribution is 8.01. The largest absolute Gasteiger partial charge is 0.477 e. The summed E-state index contributed by atoms with van der Waals surface area (Å²) in [6.07, 6.45) is 1.54. The van der Waals surface area contributed by atoms with Crippen LogP contribution in [-0.4, -0.2) is 73.5 Å². The van der Waals surface area contributed by atoms with Gasteiger partial charge in [0.05, 0.1) is 0 Å². The molecule has 1 fully saturated rings. The molecule has 2 atom stereocenters. The number of fused-ring (bicyclic) bond motifs is 1. The van der Waals surface area contributed by atoms with E-state index < -0.39 is 29.2 Å². The Morgan fingerprint density at radius 1 is 1.43 bits per heavy atom. The molecule has 0 saturated carbocycles. The number of carboxylic acid groups (broad SMARTS) is 1. The van der Waals surface area contributed by atoms with Crippen LogP contribution in [0.25, 0.3) is 0 Å². The van der Waals surface area contributed by atoms with Gasteiger partial charge in [0, 0.05) is 23.0 Å². The van der Waals surface area contributed by atoms with E-state index in [2.05, 4.69) is 20.4 Å². The standard InChI is InChI=1S/C18H19N9O5S3/c1-32-25-10(8-6-34-17(20)22-8)13(28)24-11-14(29)27-12(16(30)31)7(4-33-15(11)27)5-35-18-23-9(19)2-3-26(18)21/h2-3,6,11,15,19H,4-5,21H2,1H3,(H4,20,22,24,28,30,31)/p+1/b25-10-/t11?,15-/m1/s1. The number of amides is 2. The van der Waals surface area contributed by atoms with Crippen LogP contribution in [0.3, 0.4) is 0 Å². The first kappa shape index (κ1) is 24.6. The maximum atomic E-state index is 12.9. The third kappa shape index (κ3) is 4.82. The predicted octanol–water partition coefficient (Wildman–Crippen LogP) is -1.41. The average molecular weight is 539 g/mol. The van der Waals surface area contributed by atoms with Crippen LogP contribution in [-0.2, 0) is 19.2 Å². The van der Waals surface area contributed by atoms with Crippen molar-refractivity contribution in [3.8, 4) is 0 Å². The van der Waals surface area contributed by atoms with Crippen LogP contribution < -0.4 is 27.3 Å². The topological polar surface area (TPSA) is 216 Å². The van der Waals surface area contributed by atoms with E-state index in [0.717, 1.165) is 11.3 Å². The van der Waals surface area contributed by atoms with Gasteiger partial charge in [-0.3, -0.25) is 20.3 Å². The molecule has 0 bridgehead atoms. The molecule has 8 N–H and O–H groups in total. The second-order valence-corrected chi connectivity index (χ2v) is 10.1. The van der Waals surface area contributed by atoms with E-state index in [9.17, 15) is 19.5 Å². The first-order valence-corrected chi connectivity index (χ1v) is 12.7. The Kier molecular flexibility index (Phi) is 6.99. The van der Waals surface area contributed by atoms with Gasteiger partial charge < -0.3 is 26.7 Å². The van der Waals surface area contributed by atoms with Crippen molar-refractivity contribution in [3.05, 3.63) is 34.6 Å². The van der Waals surface area contributed by atoms with Crippen molar-refractivity contribution < 1.29 is 29.0 Å². The molecule has 1 unspecified atom stereocenters. The maximum Gasteiger partial charge on any atom is 0.384 e. The van der Waals surface area contributed by atoms with Gasteiger partial charge in [0.1, 0.15) is 36.1 Å². The molecule has 4 rings (SSSR count). The molecule has 2 aliphatic heterocycles. The Hall–Kier alpha value is -3.57. The molecular formula is C18H20N9O5S3+. The van der Waals surface area contributed by atoms with E-state index in [-0.39, 0.29) is 33.8 Å². The summed E-state index contributed by atoms with van der Waals surface area (Å²) < 4.78 is 1.27. The van der Waals surface area contributed by atoms with Gasteiger partial charge in [0.15, 0.2) is 10.8 Å². The summed E-state index contributed by atoms with van der Waals surface area (Å²) in [6.45, 7) is 0. The highest BCUT2D eigenvalue weighted by atomic mass is 32.2. The van der Waals surface area contributed by atoms with Crippen LogP contribution in [0.4, 0.5) is 10.9 Å². The molecule has 0 radical (unpaired) electrons. The third-order valence-electron chi connectivity index (χ3n) is 4.93. The lowest BCUT2D eigenvalue weighted by molar-refractivity contribution is -0.682. The number of hydrogen-bond acceptors (Lipinski definition) is 13. The van der Waals surface area contributed by atoms with Gasteiger partial charge in [-0.15, -0.1) is 27.8 Å². The van der Waals surface area contributed by atoms with Gasteiger partial charge in [-0.05, 0) is 22.3 Å². The van der Waals surface area contributed by atoms with Crippen molar-refractivity contribution in [3.63, 3.8) is 0 Å². The molecule has 184 valence electrons. The summed E-state index contributed by atoms with van der Waals surface area (Å²) in [7, 11) is 1.27. The number of thiazole rings is 1. The van der Waals surface area contributed by atoms with Crippen molar-refractivity contribution in [2.75, 3.05) is 35.9 Å². The Balaban J connectivity index is 1.50.